The minimum Gasteiger partial charge on any atom is -0.477 e. The van der Waals surface area contributed by atoms with Gasteiger partial charge in [0.05, 0.1) is 0 Å². The highest BCUT2D eigenvalue weighted by molar-refractivity contribution is 5.96. The lowest BCUT2D eigenvalue weighted by Crippen LogP contribution is -1.96. The van der Waals surface area contributed by atoms with E-state index in [2.05, 4.69) is 0 Å². The number of rotatable bonds is 3. The van der Waals surface area contributed by atoms with Crippen molar-refractivity contribution < 1.29 is 18.7 Å². The summed E-state index contributed by atoms with van der Waals surface area (Å²) in [7, 11) is 0. The average Bonchev–Trinajstić information content (AvgIpc) is 2.85. The van der Waals surface area contributed by atoms with Crippen LogP contribution in [0.1, 0.15) is 5.76 Å². The van der Waals surface area contributed by atoms with E-state index < -0.39 is 11.5 Å². The molecule has 0 saturated carbocycles. The molecule has 0 aliphatic heterocycles. The number of nitrogens with zero attached hydrogens (tertiary/aromatic N) is 1. The van der Waals surface area contributed by atoms with Crippen LogP contribution in [0.5, 0.6) is 0 Å². The number of carboxylic acid groups (broad SMARTS) is 1. The minimum atomic E-state index is -1.32. The van der Waals surface area contributed by atoms with E-state index >= 15 is 0 Å². The first-order valence-corrected chi connectivity index (χ1v) is 5.31. The number of aliphatic carboxylic acids is 1. The van der Waals surface area contributed by atoms with Gasteiger partial charge < -0.3 is 9.52 Å². The summed E-state index contributed by atoms with van der Waals surface area (Å²) >= 11 is 0. The van der Waals surface area contributed by atoms with Gasteiger partial charge in [-0.3, -0.25) is 0 Å². The van der Waals surface area contributed by atoms with Crippen LogP contribution in [-0.4, -0.2) is 11.1 Å². The molecule has 0 saturated heterocycles. The van der Waals surface area contributed by atoms with Gasteiger partial charge in [-0.05, 0) is 36.4 Å². The van der Waals surface area contributed by atoms with E-state index in [1.807, 2.05) is 0 Å². The Morgan fingerprint density at radius 2 is 1.95 bits per heavy atom. The molecule has 5 heteroatoms. The predicted molar refractivity (Wildman–Crippen MR) is 65.3 cm³/mol. The van der Waals surface area contributed by atoms with Crippen LogP contribution in [0.4, 0.5) is 4.39 Å². The van der Waals surface area contributed by atoms with Crippen LogP contribution in [0.2, 0.25) is 0 Å². The zero-order valence-electron chi connectivity index (χ0n) is 9.63. The van der Waals surface area contributed by atoms with Gasteiger partial charge >= 0.3 is 5.97 Å². The van der Waals surface area contributed by atoms with Gasteiger partial charge in [-0.15, -0.1) is 0 Å². The first-order valence-electron chi connectivity index (χ1n) is 5.31. The fraction of sp³-hybridized carbons (Fsp3) is 0. The summed E-state index contributed by atoms with van der Waals surface area (Å²) in [5.74, 6) is -0.956. The molecule has 0 spiro atoms. The fourth-order valence-electron chi connectivity index (χ4n) is 1.48. The quantitative estimate of drug-likeness (QED) is 0.677. The highest BCUT2D eigenvalue weighted by Crippen LogP contribution is 2.23. The SMILES string of the molecule is N#C/C(=C/c1ccc(-c2ccc(F)cc2)o1)C(=O)O. The van der Waals surface area contributed by atoms with Crippen LogP contribution in [0.15, 0.2) is 46.4 Å². The van der Waals surface area contributed by atoms with Crippen molar-refractivity contribution in [1.82, 2.24) is 0 Å². The highest BCUT2D eigenvalue weighted by atomic mass is 19.1. The van der Waals surface area contributed by atoms with Gasteiger partial charge in [-0.1, -0.05) is 0 Å². The second-order valence-electron chi connectivity index (χ2n) is 3.68. The summed E-state index contributed by atoms with van der Waals surface area (Å²) in [6, 6.07) is 10.4. The molecule has 0 aliphatic carbocycles. The lowest BCUT2D eigenvalue weighted by atomic mass is 10.2. The van der Waals surface area contributed by atoms with Crippen LogP contribution in [0.3, 0.4) is 0 Å². The van der Waals surface area contributed by atoms with E-state index in [-0.39, 0.29) is 11.6 Å². The highest BCUT2D eigenvalue weighted by Gasteiger charge is 2.09. The van der Waals surface area contributed by atoms with E-state index in [9.17, 15) is 9.18 Å². The summed E-state index contributed by atoms with van der Waals surface area (Å²) in [6.07, 6.45) is 1.13. The van der Waals surface area contributed by atoms with Crippen LogP contribution < -0.4 is 0 Å². The largest absolute Gasteiger partial charge is 0.477 e. The molecular weight excluding hydrogens is 249 g/mol. The second-order valence-corrected chi connectivity index (χ2v) is 3.68. The molecule has 19 heavy (non-hydrogen) atoms. The van der Waals surface area contributed by atoms with Crippen molar-refractivity contribution in [3.63, 3.8) is 0 Å². The third-order valence-electron chi connectivity index (χ3n) is 2.39. The molecular formula is C14H8FNO3. The average molecular weight is 257 g/mol. The Hall–Kier alpha value is -2.87. The van der Waals surface area contributed by atoms with Gasteiger partial charge in [-0.25, -0.2) is 9.18 Å². The maximum Gasteiger partial charge on any atom is 0.346 e. The number of hydrogen-bond acceptors (Lipinski definition) is 3. The number of furan rings is 1. The molecule has 0 bridgehead atoms. The molecule has 2 aromatic rings. The molecule has 1 N–H and O–H groups in total. The van der Waals surface area contributed by atoms with E-state index in [1.54, 1.807) is 30.3 Å². The summed E-state index contributed by atoms with van der Waals surface area (Å²) in [5.41, 5.74) is 0.245. The predicted octanol–water partition coefficient (Wildman–Crippen LogP) is 3.08. The summed E-state index contributed by atoms with van der Waals surface area (Å²) in [4.78, 5) is 10.7. The van der Waals surface area contributed by atoms with Crippen molar-refractivity contribution in [3.8, 4) is 17.4 Å². The monoisotopic (exact) mass is 257 g/mol. The molecule has 4 nitrogen and oxygen atoms in total. The van der Waals surface area contributed by atoms with Crippen LogP contribution in [-0.2, 0) is 4.79 Å². The number of nitriles is 1. The molecule has 94 valence electrons. The molecule has 0 atom stereocenters. The minimum absolute atomic E-state index is 0.248. The Morgan fingerprint density at radius 1 is 1.26 bits per heavy atom. The van der Waals surface area contributed by atoms with Crippen molar-refractivity contribution in [3.05, 3.63) is 53.5 Å². The van der Waals surface area contributed by atoms with E-state index in [1.165, 1.54) is 12.1 Å². The Kier molecular flexibility index (Phi) is 3.44. The fourth-order valence-corrected chi connectivity index (χ4v) is 1.48. The van der Waals surface area contributed by atoms with Crippen molar-refractivity contribution >= 4 is 12.0 Å². The molecule has 1 aromatic carbocycles. The molecule has 1 heterocycles. The number of carboxylic acids is 1. The first-order chi connectivity index (χ1) is 9.10. The Labute approximate surface area is 108 Å². The molecule has 0 aliphatic rings. The van der Waals surface area contributed by atoms with Crippen molar-refractivity contribution in [1.29, 1.82) is 5.26 Å². The summed E-state index contributed by atoms with van der Waals surface area (Å²) in [6.45, 7) is 0. The van der Waals surface area contributed by atoms with Gasteiger partial charge in [0, 0.05) is 11.6 Å². The first kappa shape index (κ1) is 12.6. The van der Waals surface area contributed by atoms with Crippen molar-refractivity contribution in [2.75, 3.05) is 0 Å². The molecule has 0 amide bonds. The second kappa shape index (κ2) is 5.19. The standard InChI is InChI=1S/C14H8FNO3/c15-11-3-1-9(2-4-11)13-6-5-12(19-13)7-10(8-16)14(17)18/h1-7H,(H,17,18)/b10-7-. The van der Waals surface area contributed by atoms with Gasteiger partial charge in [0.2, 0.25) is 0 Å². The molecule has 0 radical (unpaired) electrons. The number of halogens is 1. The van der Waals surface area contributed by atoms with Crippen LogP contribution in [0.25, 0.3) is 17.4 Å². The van der Waals surface area contributed by atoms with E-state index in [4.69, 9.17) is 14.8 Å². The van der Waals surface area contributed by atoms with E-state index in [0.717, 1.165) is 6.08 Å². The zero-order valence-corrected chi connectivity index (χ0v) is 9.63. The van der Waals surface area contributed by atoms with Gasteiger partial charge in [-0.2, -0.15) is 5.26 Å². The smallest absolute Gasteiger partial charge is 0.346 e. The Bertz CT molecular complexity index is 677. The van der Waals surface area contributed by atoms with Crippen LogP contribution >= 0.6 is 0 Å². The maximum atomic E-state index is 12.8. The summed E-state index contributed by atoms with van der Waals surface area (Å²) < 4.78 is 18.2. The maximum absolute atomic E-state index is 12.8. The van der Waals surface area contributed by atoms with Crippen molar-refractivity contribution in [2.45, 2.75) is 0 Å². The Balaban J connectivity index is 2.32. The van der Waals surface area contributed by atoms with Gasteiger partial charge in [0.15, 0.2) is 0 Å². The normalized spacial score (nSPS) is 11.1. The number of hydrogen-bond donors (Lipinski definition) is 1. The molecule has 1 aromatic heterocycles. The Morgan fingerprint density at radius 3 is 2.53 bits per heavy atom. The lowest BCUT2D eigenvalue weighted by molar-refractivity contribution is -0.132. The number of carbonyl (C=O) groups is 1. The van der Waals surface area contributed by atoms with Gasteiger partial charge in [0.1, 0.15) is 29.0 Å². The third-order valence-corrected chi connectivity index (χ3v) is 2.39. The van der Waals surface area contributed by atoms with Crippen LogP contribution in [0, 0.1) is 17.1 Å². The lowest BCUT2D eigenvalue weighted by Gasteiger charge is -1.96. The number of benzene rings is 1. The zero-order chi connectivity index (χ0) is 13.8. The molecule has 0 unspecified atom stereocenters. The van der Waals surface area contributed by atoms with Gasteiger partial charge in [0.25, 0.3) is 0 Å². The van der Waals surface area contributed by atoms with Crippen molar-refractivity contribution in [2.24, 2.45) is 0 Å². The molecule has 2 rings (SSSR count). The topological polar surface area (TPSA) is 74.2 Å². The summed E-state index contributed by atoms with van der Waals surface area (Å²) in [5, 5.41) is 17.3. The molecule has 0 fully saturated rings. The van der Waals surface area contributed by atoms with E-state index in [0.29, 0.717) is 11.3 Å². The third kappa shape index (κ3) is 2.87.